The lowest BCUT2D eigenvalue weighted by Crippen LogP contribution is -2.30. The van der Waals surface area contributed by atoms with Gasteiger partial charge in [0.25, 0.3) is 0 Å². The molecule has 1 aliphatic rings. The largest absolute Gasteiger partial charge is 0.383 e. The molecule has 22 heavy (non-hydrogen) atoms. The number of thiol groups is 1. The van der Waals surface area contributed by atoms with Crippen molar-refractivity contribution in [1.82, 2.24) is 4.90 Å². The zero-order valence-electron chi connectivity index (χ0n) is 13.0. The van der Waals surface area contributed by atoms with E-state index in [1.165, 1.54) is 11.1 Å². The van der Waals surface area contributed by atoms with Crippen LogP contribution in [-0.4, -0.2) is 24.3 Å². The summed E-state index contributed by atoms with van der Waals surface area (Å²) in [6, 6.07) is 14.5. The predicted molar refractivity (Wildman–Crippen MR) is 95.3 cm³/mol. The first-order valence-corrected chi connectivity index (χ1v) is 7.96. The highest BCUT2D eigenvalue weighted by Gasteiger charge is 2.20. The van der Waals surface area contributed by atoms with Crippen LogP contribution in [0.4, 0.5) is 5.69 Å². The maximum absolute atomic E-state index is 6.16. The summed E-state index contributed by atoms with van der Waals surface area (Å²) in [4.78, 5) is 7.79. The standard InChI is InChI=1S/C18H21N3S/c1-12-16-11-14(8-7-13(16)9-10-21(12)2)20-18(19)15-5-3-4-6-17(15)22/h3-8,11-12,22H,9-10H2,1-2H3,(H2,19,20). The van der Waals surface area contributed by atoms with E-state index in [-0.39, 0.29) is 0 Å². The number of nitrogens with two attached hydrogens (primary N) is 1. The molecule has 0 fully saturated rings. The van der Waals surface area contributed by atoms with Crippen LogP contribution in [0.1, 0.15) is 29.7 Å². The number of hydrogen-bond donors (Lipinski definition) is 2. The Labute approximate surface area is 137 Å². The quantitative estimate of drug-likeness (QED) is 0.506. The van der Waals surface area contributed by atoms with Gasteiger partial charge in [-0.05, 0) is 49.7 Å². The van der Waals surface area contributed by atoms with Crippen molar-refractivity contribution >= 4 is 24.2 Å². The molecule has 0 aliphatic carbocycles. The van der Waals surface area contributed by atoms with Crippen molar-refractivity contribution in [3.63, 3.8) is 0 Å². The maximum Gasteiger partial charge on any atom is 0.132 e. The van der Waals surface area contributed by atoms with E-state index in [0.717, 1.165) is 29.1 Å². The average molecular weight is 311 g/mol. The molecule has 0 radical (unpaired) electrons. The molecule has 0 amide bonds. The summed E-state index contributed by atoms with van der Waals surface area (Å²) in [5.41, 5.74) is 10.7. The molecular formula is C18H21N3S. The average Bonchev–Trinajstić information content (AvgIpc) is 2.52. The lowest BCUT2D eigenvalue weighted by molar-refractivity contribution is 0.247. The fourth-order valence-corrected chi connectivity index (χ4v) is 3.16. The fourth-order valence-electron chi connectivity index (χ4n) is 2.89. The highest BCUT2D eigenvalue weighted by atomic mass is 32.1. The molecule has 1 heterocycles. The number of likely N-dealkylation sites (N-methyl/N-ethyl adjacent to an activating group) is 1. The van der Waals surface area contributed by atoms with E-state index in [1.54, 1.807) is 0 Å². The Morgan fingerprint density at radius 1 is 1.27 bits per heavy atom. The molecule has 4 heteroatoms. The second-order valence-corrected chi connectivity index (χ2v) is 6.29. The van der Waals surface area contributed by atoms with Gasteiger partial charge in [0, 0.05) is 23.0 Å². The van der Waals surface area contributed by atoms with Gasteiger partial charge in [-0.3, -0.25) is 4.90 Å². The van der Waals surface area contributed by atoms with Crippen molar-refractivity contribution in [1.29, 1.82) is 0 Å². The van der Waals surface area contributed by atoms with Crippen LogP contribution in [0.3, 0.4) is 0 Å². The molecule has 0 aromatic heterocycles. The molecule has 1 unspecified atom stereocenters. The number of nitrogens with zero attached hydrogens (tertiary/aromatic N) is 2. The number of benzene rings is 2. The monoisotopic (exact) mass is 311 g/mol. The van der Waals surface area contributed by atoms with Gasteiger partial charge in [0.05, 0.1) is 5.69 Å². The Bertz CT molecular complexity index is 724. The third-order valence-corrected chi connectivity index (χ3v) is 4.79. The van der Waals surface area contributed by atoms with Crippen molar-refractivity contribution in [2.24, 2.45) is 10.7 Å². The smallest absolute Gasteiger partial charge is 0.132 e. The van der Waals surface area contributed by atoms with Crippen LogP contribution in [0.2, 0.25) is 0 Å². The van der Waals surface area contributed by atoms with Crippen LogP contribution in [0.15, 0.2) is 52.4 Å². The first-order valence-electron chi connectivity index (χ1n) is 7.52. The Balaban J connectivity index is 1.97. The van der Waals surface area contributed by atoms with Crippen molar-refractivity contribution in [3.8, 4) is 0 Å². The van der Waals surface area contributed by atoms with Crippen molar-refractivity contribution in [2.45, 2.75) is 24.3 Å². The molecule has 2 aromatic rings. The van der Waals surface area contributed by atoms with Crippen LogP contribution in [0.5, 0.6) is 0 Å². The van der Waals surface area contributed by atoms with Gasteiger partial charge in [0.15, 0.2) is 0 Å². The summed E-state index contributed by atoms with van der Waals surface area (Å²) < 4.78 is 0. The first kappa shape index (κ1) is 15.1. The lowest BCUT2D eigenvalue weighted by atomic mass is 9.93. The number of rotatable bonds is 2. The molecule has 3 rings (SSSR count). The van der Waals surface area contributed by atoms with Crippen LogP contribution in [0.25, 0.3) is 0 Å². The van der Waals surface area contributed by atoms with E-state index >= 15 is 0 Å². The number of aliphatic imine (C=N–C) groups is 1. The summed E-state index contributed by atoms with van der Waals surface area (Å²) >= 11 is 4.44. The molecule has 0 saturated carbocycles. The van der Waals surface area contributed by atoms with Gasteiger partial charge in [-0.25, -0.2) is 4.99 Å². The van der Waals surface area contributed by atoms with Crippen molar-refractivity contribution in [2.75, 3.05) is 13.6 Å². The third-order valence-electron chi connectivity index (χ3n) is 4.40. The third kappa shape index (κ3) is 2.89. The van der Waals surface area contributed by atoms with Gasteiger partial charge < -0.3 is 5.73 Å². The first-order chi connectivity index (χ1) is 10.6. The summed E-state index contributed by atoms with van der Waals surface area (Å²) in [7, 11) is 2.16. The second kappa shape index (κ2) is 6.15. The number of hydrogen-bond acceptors (Lipinski definition) is 3. The summed E-state index contributed by atoms with van der Waals surface area (Å²) in [6.45, 7) is 3.34. The summed E-state index contributed by atoms with van der Waals surface area (Å²) in [6.07, 6.45) is 1.09. The summed E-state index contributed by atoms with van der Waals surface area (Å²) in [5.74, 6) is 0.502. The van der Waals surface area contributed by atoms with E-state index in [4.69, 9.17) is 5.73 Å². The van der Waals surface area contributed by atoms with Gasteiger partial charge in [0.2, 0.25) is 0 Å². The van der Waals surface area contributed by atoms with Crippen LogP contribution in [-0.2, 0) is 6.42 Å². The SMILES string of the molecule is CC1c2cc(N=C(N)c3ccccc3S)ccc2CCN1C. The van der Waals surface area contributed by atoms with E-state index < -0.39 is 0 Å². The van der Waals surface area contributed by atoms with Crippen LogP contribution in [0, 0.1) is 0 Å². The molecule has 0 bridgehead atoms. The minimum Gasteiger partial charge on any atom is -0.383 e. The second-order valence-electron chi connectivity index (χ2n) is 5.80. The Hall–Kier alpha value is -1.78. The molecule has 2 aromatic carbocycles. The zero-order valence-corrected chi connectivity index (χ0v) is 13.8. The molecule has 2 N–H and O–H groups in total. The topological polar surface area (TPSA) is 41.6 Å². The van der Waals surface area contributed by atoms with Crippen LogP contribution < -0.4 is 5.73 Å². The van der Waals surface area contributed by atoms with E-state index in [0.29, 0.717) is 11.9 Å². The highest BCUT2D eigenvalue weighted by Crippen LogP contribution is 2.31. The normalized spacial score (nSPS) is 19.0. The predicted octanol–water partition coefficient (Wildman–Crippen LogP) is 3.56. The lowest BCUT2D eigenvalue weighted by Gasteiger charge is -2.32. The van der Waals surface area contributed by atoms with Gasteiger partial charge in [-0.1, -0.05) is 24.3 Å². The molecule has 0 saturated heterocycles. The Morgan fingerprint density at radius 3 is 2.82 bits per heavy atom. The van der Waals surface area contributed by atoms with Gasteiger partial charge >= 0.3 is 0 Å². The van der Waals surface area contributed by atoms with E-state index in [9.17, 15) is 0 Å². The summed E-state index contributed by atoms with van der Waals surface area (Å²) in [5, 5.41) is 0. The maximum atomic E-state index is 6.16. The molecule has 3 nitrogen and oxygen atoms in total. The molecule has 0 spiro atoms. The van der Waals surface area contributed by atoms with Crippen LogP contribution >= 0.6 is 12.6 Å². The van der Waals surface area contributed by atoms with E-state index in [1.807, 2.05) is 30.3 Å². The highest BCUT2D eigenvalue weighted by molar-refractivity contribution is 7.80. The fraction of sp³-hybridized carbons (Fsp3) is 0.278. The van der Waals surface area contributed by atoms with E-state index in [2.05, 4.69) is 48.6 Å². The zero-order chi connectivity index (χ0) is 15.7. The molecule has 1 atom stereocenters. The van der Waals surface area contributed by atoms with Crippen molar-refractivity contribution < 1.29 is 0 Å². The Morgan fingerprint density at radius 2 is 2.05 bits per heavy atom. The van der Waals surface area contributed by atoms with Gasteiger partial charge in [-0.2, -0.15) is 0 Å². The minimum atomic E-state index is 0.414. The minimum absolute atomic E-state index is 0.414. The Kier molecular flexibility index (Phi) is 4.23. The number of amidine groups is 1. The molecule has 114 valence electrons. The van der Waals surface area contributed by atoms with Gasteiger partial charge in [0.1, 0.15) is 5.84 Å². The molecular weight excluding hydrogens is 290 g/mol. The van der Waals surface area contributed by atoms with Gasteiger partial charge in [-0.15, -0.1) is 12.6 Å². The molecule has 1 aliphatic heterocycles. The van der Waals surface area contributed by atoms with Crippen molar-refractivity contribution in [3.05, 3.63) is 59.2 Å². The number of fused-ring (bicyclic) bond motifs is 1.